The molecule has 140 valence electrons. The van der Waals surface area contributed by atoms with Gasteiger partial charge in [0, 0.05) is 37.1 Å². The molecule has 4 heteroatoms. The number of benzene rings is 2. The molecule has 3 aromatic rings. The first kappa shape index (κ1) is 17.8. The van der Waals surface area contributed by atoms with Crippen molar-refractivity contribution in [1.82, 2.24) is 9.47 Å². The lowest BCUT2D eigenvalue weighted by atomic mass is 10.0. The van der Waals surface area contributed by atoms with Crippen LogP contribution < -0.4 is 4.74 Å². The molecule has 0 saturated carbocycles. The molecule has 4 rings (SSSR count). The zero-order valence-electron chi connectivity index (χ0n) is 15.6. The molecule has 1 atom stereocenters. The first-order chi connectivity index (χ1) is 13.3. The van der Waals surface area contributed by atoms with Crippen molar-refractivity contribution in [2.24, 2.45) is 0 Å². The minimum atomic E-state index is -0.137. The van der Waals surface area contributed by atoms with Crippen LogP contribution in [0.1, 0.15) is 36.2 Å². The number of ether oxygens (including phenoxy) is 1. The van der Waals surface area contributed by atoms with E-state index >= 15 is 0 Å². The maximum atomic E-state index is 14.3. The summed E-state index contributed by atoms with van der Waals surface area (Å²) < 4.78 is 22.2. The molecule has 2 aromatic carbocycles. The summed E-state index contributed by atoms with van der Waals surface area (Å²) in [7, 11) is 0. The maximum Gasteiger partial charge on any atom is 0.127 e. The second-order valence-corrected chi connectivity index (χ2v) is 6.95. The van der Waals surface area contributed by atoms with Gasteiger partial charge in [0.05, 0.1) is 12.6 Å². The Morgan fingerprint density at radius 1 is 1.00 bits per heavy atom. The molecular weight excluding hydrogens is 339 g/mol. The summed E-state index contributed by atoms with van der Waals surface area (Å²) in [5.41, 5.74) is 3.21. The standard InChI is InChI=1S/C23H25FN2O/c1-2-27-20-12-10-18(11-13-20)23-22-9-5-14-25(22)15-6-16-26(23)17-19-7-3-4-8-21(19)24/h3-5,7-14,23H,2,6,15-17H2,1H3. The summed E-state index contributed by atoms with van der Waals surface area (Å²) >= 11 is 0. The van der Waals surface area contributed by atoms with Crippen LogP contribution in [0.2, 0.25) is 0 Å². The lowest BCUT2D eigenvalue weighted by molar-refractivity contribution is 0.217. The van der Waals surface area contributed by atoms with E-state index in [2.05, 4.69) is 39.9 Å². The predicted octanol–water partition coefficient (Wildman–Crippen LogP) is 5.02. The molecule has 2 heterocycles. The highest BCUT2D eigenvalue weighted by Gasteiger charge is 2.27. The summed E-state index contributed by atoms with van der Waals surface area (Å²) in [5.74, 6) is 0.744. The van der Waals surface area contributed by atoms with Gasteiger partial charge in [-0.2, -0.15) is 0 Å². The average molecular weight is 364 g/mol. The molecule has 0 N–H and O–H groups in total. The van der Waals surface area contributed by atoms with Gasteiger partial charge in [-0.15, -0.1) is 0 Å². The molecule has 1 aromatic heterocycles. The van der Waals surface area contributed by atoms with Gasteiger partial charge in [0.15, 0.2) is 0 Å². The first-order valence-electron chi connectivity index (χ1n) is 9.61. The van der Waals surface area contributed by atoms with E-state index in [1.54, 1.807) is 12.1 Å². The van der Waals surface area contributed by atoms with E-state index in [1.165, 1.54) is 11.3 Å². The first-order valence-corrected chi connectivity index (χ1v) is 9.61. The van der Waals surface area contributed by atoms with Crippen molar-refractivity contribution in [2.75, 3.05) is 13.2 Å². The summed E-state index contributed by atoms with van der Waals surface area (Å²) in [4.78, 5) is 2.38. The topological polar surface area (TPSA) is 17.4 Å². The van der Waals surface area contributed by atoms with Gasteiger partial charge in [-0.3, -0.25) is 4.90 Å². The molecule has 3 nitrogen and oxygen atoms in total. The smallest absolute Gasteiger partial charge is 0.127 e. The van der Waals surface area contributed by atoms with Crippen molar-refractivity contribution in [3.63, 3.8) is 0 Å². The Kier molecular flexibility index (Phi) is 5.26. The van der Waals surface area contributed by atoms with Crippen LogP contribution in [0.3, 0.4) is 0 Å². The fourth-order valence-corrected chi connectivity index (χ4v) is 3.95. The third kappa shape index (κ3) is 3.76. The van der Waals surface area contributed by atoms with Gasteiger partial charge in [-0.05, 0) is 49.2 Å². The number of halogens is 1. The fourth-order valence-electron chi connectivity index (χ4n) is 3.95. The monoisotopic (exact) mass is 364 g/mol. The van der Waals surface area contributed by atoms with Gasteiger partial charge < -0.3 is 9.30 Å². The van der Waals surface area contributed by atoms with Gasteiger partial charge in [-0.1, -0.05) is 30.3 Å². The second kappa shape index (κ2) is 7.97. The van der Waals surface area contributed by atoms with Gasteiger partial charge >= 0.3 is 0 Å². The minimum Gasteiger partial charge on any atom is -0.494 e. The molecule has 0 fully saturated rings. The van der Waals surface area contributed by atoms with E-state index in [4.69, 9.17) is 4.74 Å². The largest absolute Gasteiger partial charge is 0.494 e. The second-order valence-electron chi connectivity index (χ2n) is 6.95. The summed E-state index contributed by atoms with van der Waals surface area (Å²) in [6, 6.07) is 19.8. The zero-order valence-corrected chi connectivity index (χ0v) is 15.6. The minimum absolute atomic E-state index is 0.0952. The van der Waals surface area contributed by atoms with Crippen molar-refractivity contribution in [2.45, 2.75) is 32.5 Å². The number of rotatable bonds is 5. The molecule has 0 radical (unpaired) electrons. The number of nitrogens with zero attached hydrogens (tertiary/aromatic N) is 2. The quantitative estimate of drug-likeness (QED) is 0.632. The van der Waals surface area contributed by atoms with Crippen LogP contribution in [-0.4, -0.2) is 22.6 Å². The Morgan fingerprint density at radius 2 is 1.81 bits per heavy atom. The van der Waals surface area contributed by atoms with Crippen molar-refractivity contribution < 1.29 is 9.13 Å². The van der Waals surface area contributed by atoms with Gasteiger partial charge in [-0.25, -0.2) is 4.39 Å². The van der Waals surface area contributed by atoms with Gasteiger partial charge in [0.1, 0.15) is 11.6 Å². The van der Waals surface area contributed by atoms with Crippen molar-refractivity contribution >= 4 is 0 Å². The van der Waals surface area contributed by atoms with E-state index in [0.717, 1.165) is 30.8 Å². The maximum absolute atomic E-state index is 14.3. The highest BCUT2D eigenvalue weighted by atomic mass is 19.1. The van der Waals surface area contributed by atoms with E-state index in [-0.39, 0.29) is 11.9 Å². The zero-order chi connectivity index (χ0) is 18.6. The molecule has 27 heavy (non-hydrogen) atoms. The van der Waals surface area contributed by atoms with Crippen LogP contribution in [-0.2, 0) is 13.1 Å². The van der Waals surface area contributed by atoms with Crippen molar-refractivity contribution in [3.05, 3.63) is 89.5 Å². The number of hydrogen-bond acceptors (Lipinski definition) is 2. The SMILES string of the molecule is CCOc1ccc(C2c3cccn3CCCN2Cc2ccccc2F)cc1. The van der Waals surface area contributed by atoms with Gasteiger partial charge in [0.25, 0.3) is 0 Å². The van der Waals surface area contributed by atoms with Crippen LogP contribution >= 0.6 is 0 Å². The lowest BCUT2D eigenvalue weighted by Crippen LogP contribution is -2.29. The number of aromatic nitrogens is 1. The van der Waals surface area contributed by atoms with E-state index < -0.39 is 0 Å². The molecule has 0 saturated heterocycles. The Labute approximate surface area is 160 Å². The average Bonchev–Trinajstić information content (AvgIpc) is 3.06. The number of aryl methyl sites for hydroxylation is 1. The van der Waals surface area contributed by atoms with Crippen molar-refractivity contribution in [3.8, 4) is 5.75 Å². The Balaban J connectivity index is 1.71. The highest BCUT2D eigenvalue weighted by molar-refractivity contribution is 5.35. The normalized spacial score (nSPS) is 17.3. The molecule has 0 aliphatic carbocycles. The van der Waals surface area contributed by atoms with Crippen LogP contribution in [0.15, 0.2) is 66.9 Å². The summed E-state index contributed by atoms with van der Waals surface area (Å²) in [5, 5.41) is 0. The third-order valence-corrected chi connectivity index (χ3v) is 5.19. The lowest BCUT2D eigenvalue weighted by Gasteiger charge is -2.31. The fraction of sp³-hybridized carbons (Fsp3) is 0.304. The van der Waals surface area contributed by atoms with E-state index in [0.29, 0.717) is 13.2 Å². The Hall–Kier alpha value is -2.59. The van der Waals surface area contributed by atoms with Crippen LogP contribution in [0.4, 0.5) is 4.39 Å². The van der Waals surface area contributed by atoms with Crippen LogP contribution in [0.25, 0.3) is 0 Å². The molecule has 1 aliphatic rings. The van der Waals surface area contributed by atoms with E-state index in [1.807, 2.05) is 31.2 Å². The molecule has 0 bridgehead atoms. The highest BCUT2D eigenvalue weighted by Crippen LogP contribution is 2.34. The summed E-state index contributed by atoms with van der Waals surface area (Å²) in [6.07, 6.45) is 3.19. The van der Waals surface area contributed by atoms with Gasteiger partial charge in [0.2, 0.25) is 0 Å². The van der Waals surface area contributed by atoms with Crippen LogP contribution in [0.5, 0.6) is 5.75 Å². The number of hydrogen-bond donors (Lipinski definition) is 0. The molecule has 0 amide bonds. The molecular formula is C23H25FN2O. The van der Waals surface area contributed by atoms with Crippen LogP contribution in [0, 0.1) is 5.82 Å². The predicted molar refractivity (Wildman–Crippen MR) is 105 cm³/mol. The molecule has 0 spiro atoms. The Morgan fingerprint density at radius 3 is 2.59 bits per heavy atom. The van der Waals surface area contributed by atoms with Crippen molar-refractivity contribution in [1.29, 1.82) is 0 Å². The third-order valence-electron chi connectivity index (χ3n) is 5.19. The Bertz CT molecular complexity index is 887. The number of fused-ring (bicyclic) bond motifs is 1. The molecule has 1 aliphatic heterocycles. The summed E-state index contributed by atoms with van der Waals surface area (Å²) in [6.45, 7) is 5.15. The molecule has 1 unspecified atom stereocenters. The van der Waals surface area contributed by atoms with E-state index in [9.17, 15) is 4.39 Å².